The van der Waals surface area contributed by atoms with Crippen LogP contribution in [0.2, 0.25) is 0 Å². The first-order valence-electron chi connectivity index (χ1n) is 11.1. The third-order valence-electron chi connectivity index (χ3n) is 6.32. The number of guanidine groups is 1. The molecule has 0 amide bonds. The Bertz CT molecular complexity index is 710. The molecule has 0 spiro atoms. The van der Waals surface area contributed by atoms with Crippen molar-refractivity contribution in [2.75, 3.05) is 54.0 Å². The van der Waals surface area contributed by atoms with Gasteiger partial charge in [-0.3, -0.25) is 14.7 Å². The van der Waals surface area contributed by atoms with Gasteiger partial charge in [-0.25, -0.2) is 0 Å². The summed E-state index contributed by atoms with van der Waals surface area (Å²) in [6.07, 6.45) is 5.38. The lowest BCUT2D eigenvalue weighted by Crippen LogP contribution is -2.49. The smallest absolute Gasteiger partial charge is 0.308 e. The van der Waals surface area contributed by atoms with Crippen LogP contribution in [0.5, 0.6) is 5.75 Å². The first kappa shape index (κ1) is 22.4. The molecule has 1 aromatic carbocycles. The van der Waals surface area contributed by atoms with Crippen molar-refractivity contribution < 1.29 is 14.3 Å². The van der Waals surface area contributed by atoms with Crippen LogP contribution < -0.4 is 10.1 Å². The fourth-order valence-electron chi connectivity index (χ4n) is 4.62. The monoisotopic (exact) mass is 416 g/mol. The SMILES string of the molecule is CN=C(NCC(c1ccccc1OC)N1CCCCC1)N1CCC(C(=O)OC)CC1. The van der Waals surface area contributed by atoms with Gasteiger partial charge in [-0.15, -0.1) is 0 Å². The molecule has 1 N–H and O–H groups in total. The first-order chi connectivity index (χ1) is 14.7. The Labute approximate surface area is 180 Å². The molecule has 166 valence electrons. The Kier molecular flexibility index (Phi) is 8.37. The van der Waals surface area contributed by atoms with Gasteiger partial charge in [0.05, 0.1) is 26.2 Å². The molecule has 0 aromatic heterocycles. The molecule has 7 heteroatoms. The predicted molar refractivity (Wildman–Crippen MR) is 119 cm³/mol. The molecule has 1 aromatic rings. The van der Waals surface area contributed by atoms with Gasteiger partial charge in [0.1, 0.15) is 5.75 Å². The standard InChI is InChI=1S/C23H36N4O3/c1-24-23(27-15-11-18(12-16-27)22(28)30-3)25-17-20(26-13-7-4-8-14-26)19-9-5-6-10-21(19)29-2/h5-6,9-10,18,20H,4,7-8,11-17H2,1-3H3,(H,24,25). The number of benzene rings is 1. The Morgan fingerprint density at radius 2 is 1.83 bits per heavy atom. The fourth-order valence-corrected chi connectivity index (χ4v) is 4.62. The number of rotatable bonds is 6. The van der Waals surface area contributed by atoms with Crippen molar-refractivity contribution in [3.05, 3.63) is 29.8 Å². The maximum Gasteiger partial charge on any atom is 0.308 e. The molecule has 30 heavy (non-hydrogen) atoms. The third-order valence-corrected chi connectivity index (χ3v) is 6.32. The molecule has 1 atom stereocenters. The van der Waals surface area contributed by atoms with Gasteiger partial charge < -0.3 is 19.7 Å². The van der Waals surface area contributed by atoms with Crippen molar-refractivity contribution in [3.8, 4) is 5.75 Å². The predicted octanol–water partition coefficient (Wildman–Crippen LogP) is 2.68. The molecule has 0 bridgehead atoms. The summed E-state index contributed by atoms with van der Waals surface area (Å²) in [6.45, 7) is 4.59. The van der Waals surface area contributed by atoms with E-state index >= 15 is 0 Å². The van der Waals surface area contributed by atoms with Crippen molar-refractivity contribution >= 4 is 11.9 Å². The van der Waals surface area contributed by atoms with Gasteiger partial charge in [-0.2, -0.15) is 0 Å². The van der Waals surface area contributed by atoms with E-state index in [9.17, 15) is 4.79 Å². The topological polar surface area (TPSA) is 66.4 Å². The second-order valence-corrected chi connectivity index (χ2v) is 8.07. The summed E-state index contributed by atoms with van der Waals surface area (Å²) in [4.78, 5) is 21.1. The van der Waals surface area contributed by atoms with Crippen molar-refractivity contribution in [2.24, 2.45) is 10.9 Å². The van der Waals surface area contributed by atoms with Crippen molar-refractivity contribution in [1.29, 1.82) is 0 Å². The number of methoxy groups -OCH3 is 2. The number of aliphatic imine (C=N–C) groups is 1. The van der Waals surface area contributed by atoms with Crippen LogP contribution in [0.1, 0.15) is 43.7 Å². The van der Waals surface area contributed by atoms with Crippen molar-refractivity contribution in [1.82, 2.24) is 15.1 Å². The number of likely N-dealkylation sites (tertiary alicyclic amines) is 2. The molecule has 1 unspecified atom stereocenters. The van der Waals surface area contributed by atoms with Crippen LogP contribution in [0, 0.1) is 5.92 Å². The quantitative estimate of drug-likeness (QED) is 0.437. The highest BCUT2D eigenvalue weighted by Gasteiger charge is 2.29. The Balaban J connectivity index is 1.67. The number of ether oxygens (including phenoxy) is 2. The lowest BCUT2D eigenvalue weighted by atomic mass is 9.97. The van der Waals surface area contributed by atoms with Crippen molar-refractivity contribution in [3.63, 3.8) is 0 Å². The number of carbonyl (C=O) groups is 1. The zero-order valence-electron chi connectivity index (χ0n) is 18.6. The summed E-state index contributed by atoms with van der Waals surface area (Å²) in [7, 11) is 5.03. The second-order valence-electron chi connectivity index (χ2n) is 8.07. The van der Waals surface area contributed by atoms with E-state index in [2.05, 4.69) is 32.2 Å². The average molecular weight is 417 g/mol. The van der Waals surface area contributed by atoms with E-state index in [-0.39, 0.29) is 17.9 Å². The molecule has 2 fully saturated rings. The molecule has 0 saturated carbocycles. The maximum absolute atomic E-state index is 11.8. The molecule has 3 rings (SSSR count). The van der Waals surface area contributed by atoms with Crippen LogP contribution in [0.3, 0.4) is 0 Å². The van der Waals surface area contributed by atoms with Gasteiger partial charge in [0.25, 0.3) is 0 Å². The van der Waals surface area contributed by atoms with Crippen LogP contribution in [-0.4, -0.2) is 75.7 Å². The van der Waals surface area contributed by atoms with E-state index in [0.29, 0.717) is 0 Å². The number of esters is 1. The summed E-state index contributed by atoms with van der Waals surface area (Å²) in [6, 6.07) is 8.54. The summed E-state index contributed by atoms with van der Waals surface area (Å²) >= 11 is 0. The summed E-state index contributed by atoms with van der Waals surface area (Å²) in [5, 5.41) is 3.61. The number of para-hydroxylation sites is 1. The number of nitrogens with zero attached hydrogens (tertiary/aromatic N) is 3. The minimum Gasteiger partial charge on any atom is -0.496 e. The molecule has 7 nitrogen and oxygen atoms in total. The first-order valence-corrected chi connectivity index (χ1v) is 11.1. The number of hydrogen-bond donors (Lipinski definition) is 1. The largest absolute Gasteiger partial charge is 0.496 e. The van der Waals surface area contributed by atoms with Gasteiger partial charge in [0, 0.05) is 32.2 Å². The minimum atomic E-state index is -0.0982. The van der Waals surface area contributed by atoms with Crippen LogP contribution in [-0.2, 0) is 9.53 Å². The van der Waals surface area contributed by atoms with Crippen molar-refractivity contribution in [2.45, 2.75) is 38.1 Å². The highest BCUT2D eigenvalue weighted by atomic mass is 16.5. The number of piperidine rings is 2. The molecule has 2 aliphatic heterocycles. The fraction of sp³-hybridized carbons (Fsp3) is 0.652. The molecular weight excluding hydrogens is 380 g/mol. The van der Waals surface area contributed by atoms with Crippen LogP contribution in [0.15, 0.2) is 29.3 Å². The zero-order valence-corrected chi connectivity index (χ0v) is 18.6. The van der Waals surface area contributed by atoms with Gasteiger partial charge >= 0.3 is 5.97 Å². The van der Waals surface area contributed by atoms with Crippen LogP contribution >= 0.6 is 0 Å². The number of hydrogen-bond acceptors (Lipinski definition) is 5. The Hall–Kier alpha value is -2.28. The molecule has 0 aliphatic carbocycles. The molecular formula is C23H36N4O3. The van der Waals surface area contributed by atoms with Crippen LogP contribution in [0.25, 0.3) is 0 Å². The lowest BCUT2D eigenvalue weighted by molar-refractivity contribution is -0.146. The van der Waals surface area contributed by atoms with Crippen LogP contribution in [0.4, 0.5) is 0 Å². The highest BCUT2D eigenvalue weighted by Crippen LogP contribution is 2.31. The van der Waals surface area contributed by atoms with Gasteiger partial charge in [0.15, 0.2) is 5.96 Å². The highest BCUT2D eigenvalue weighted by molar-refractivity contribution is 5.80. The maximum atomic E-state index is 11.8. The summed E-state index contributed by atoms with van der Waals surface area (Å²) < 4.78 is 10.6. The van der Waals surface area contributed by atoms with E-state index in [4.69, 9.17) is 9.47 Å². The molecule has 2 aliphatic rings. The van der Waals surface area contributed by atoms with Gasteiger partial charge in [-0.05, 0) is 44.8 Å². The number of carbonyl (C=O) groups excluding carboxylic acids is 1. The van der Waals surface area contributed by atoms with Gasteiger partial charge in [-0.1, -0.05) is 24.6 Å². The van der Waals surface area contributed by atoms with E-state index < -0.39 is 0 Å². The van der Waals surface area contributed by atoms with E-state index in [1.807, 2.05) is 19.2 Å². The number of nitrogens with one attached hydrogen (secondary N) is 1. The molecule has 2 heterocycles. The molecule has 2 saturated heterocycles. The minimum absolute atomic E-state index is 0.000894. The summed E-state index contributed by atoms with van der Waals surface area (Å²) in [5.74, 6) is 1.73. The third kappa shape index (κ3) is 5.45. The normalized spacial score (nSPS) is 20.0. The zero-order chi connectivity index (χ0) is 21.3. The van der Waals surface area contributed by atoms with E-state index in [1.165, 1.54) is 31.9 Å². The molecule has 0 radical (unpaired) electrons. The summed E-state index contributed by atoms with van der Waals surface area (Å²) in [5.41, 5.74) is 1.22. The Morgan fingerprint density at radius 3 is 2.47 bits per heavy atom. The van der Waals surface area contributed by atoms with E-state index in [0.717, 1.165) is 57.3 Å². The lowest BCUT2D eigenvalue weighted by Gasteiger charge is -2.37. The Morgan fingerprint density at radius 1 is 1.13 bits per heavy atom. The van der Waals surface area contributed by atoms with E-state index in [1.54, 1.807) is 7.11 Å². The van der Waals surface area contributed by atoms with Gasteiger partial charge in [0.2, 0.25) is 0 Å². The average Bonchev–Trinajstić information content (AvgIpc) is 2.82. The second kappa shape index (κ2) is 11.2.